The summed E-state index contributed by atoms with van der Waals surface area (Å²) in [6.45, 7) is 4.99. The number of esters is 1. The molecule has 0 heterocycles. The van der Waals surface area contributed by atoms with Crippen LogP contribution in [0.2, 0.25) is 0 Å². The smallest absolute Gasteiger partial charge is 0.342 e. The first-order valence-corrected chi connectivity index (χ1v) is 6.01. The van der Waals surface area contributed by atoms with Crippen molar-refractivity contribution < 1.29 is 14.3 Å². The van der Waals surface area contributed by atoms with E-state index >= 15 is 0 Å². The average Bonchev–Trinajstić information content (AvgIpc) is 2.27. The summed E-state index contributed by atoms with van der Waals surface area (Å²) in [5.74, 6) is -0.699. The van der Waals surface area contributed by atoms with E-state index in [0.29, 0.717) is 11.3 Å². The molecule has 0 spiro atoms. The van der Waals surface area contributed by atoms with Gasteiger partial charge in [0.25, 0.3) is 0 Å². The van der Waals surface area contributed by atoms with Crippen molar-refractivity contribution in [2.24, 2.45) is 0 Å². The summed E-state index contributed by atoms with van der Waals surface area (Å²) in [5, 5.41) is 2.62. The summed E-state index contributed by atoms with van der Waals surface area (Å²) in [7, 11) is 3.65. The Hall–Kier alpha value is -1.88. The monoisotopic (exact) mass is 264 g/mol. The highest BCUT2D eigenvalue weighted by Crippen LogP contribution is 2.20. The molecule has 0 atom stereocenters. The van der Waals surface area contributed by atoms with Crippen molar-refractivity contribution >= 4 is 17.6 Å². The minimum absolute atomic E-state index is 0.230. The molecule has 104 valence electrons. The SMILES string of the molecule is CC(=O)Nc1ccccc1C(=O)OC(C)(C)N(C)C. The predicted molar refractivity (Wildman–Crippen MR) is 73.9 cm³/mol. The second kappa shape index (κ2) is 5.84. The number of hydrogen-bond acceptors (Lipinski definition) is 4. The highest BCUT2D eigenvalue weighted by Gasteiger charge is 2.27. The first kappa shape index (κ1) is 15.2. The molecule has 1 amide bonds. The molecule has 5 heteroatoms. The number of amides is 1. The fraction of sp³-hybridized carbons (Fsp3) is 0.429. The van der Waals surface area contributed by atoms with Gasteiger partial charge < -0.3 is 10.1 Å². The van der Waals surface area contributed by atoms with Crippen molar-refractivity contribution in [1.82, 2.24) is 4.90 Å². The second-order valence-corrected chi connectivity index (χ2v) is 4.96. The summed E-state index contributed by atoms with van der Waals surface area (Å²) in [6.07, 6.45) is 0. The lowest BCUT2D eigenvalue weighted by Crippen LogP contribution is -2.42. The van der Waals surface area contributed by atoms with Crippen LogP contribution in [-0.4, -0.2) is 36.6 Å². The molecule has 5 nitrogen and oxygen atoms in total. The molecule has 0 saturated carbocycles. The molecule has 0 aliphatic carbocycles. The second-order valence-electron chi connectivity index (χ2n) is 4.96. The van der Waals surface area contributed by atoms with Crippen molar-refractivity contribution in [1.29, 1.82) is 0 Å². The molecule has 1 rings (SSSR count). The fourth-order valence-electron chi connectivity index (χ4n) is 1.33. The summed E-state index contributed by atoms with van der Waals surface area (Å²) >= 11 is 0. The van der Waals surface area contributed by atoms with Crippen LogP contribution in [0.25, 0.3) is 0 Å². The Labute approximate surface area is 113 Å². The van der Waals surface area contributed by atoms with Gasteiger partial charge in [0.2, 0.25) is 5.91 Å². The number of benzene rings is 1. The fourth-order valence-corrected chi connectivity index (χ4v) is 1.33. The lowest BCUT2D eigenvalue weighted by molar-refractivity contribution is -0.114. The van der Waals surface area contributed by atoms with E-state index in [2.05, 4.69) is 5.32 Å². The normalized spacial score (nSPS) is 11.3. The van der Waals surface area contributed by atoms with Crippen molar-refractivity contribution in [3.8, 4) is 0 Å². The van der Waals surface area contributed by atoms with Crippen LogP contribution in [0, 0.1) is 0 Å². The quantitative estimate of drug-likeness (QED) is 0.668. The van der Waals surface area contributed by atoms with Gasteiger partial charge in [-0.3, -0.25) is 9.69 Å². The highest BCUT2D eigenvalue weighted by atomic mass is 16.6. The number of nitrogens with one attached hydrogen (secondary N) is 1. The Morgan fingerprint density at radius 1 is 1.21 bits per heavy atom. The predicted octanol–water partition coefficient (Wildman–Crippen LogP) is 2.10. The molecular weight excluding hydrogens is 244 g/mol. The van der Waals surface area contributed by atoms with Crippen LogP contribution >= 0.6 is 0 Å². The molecule has 0 aliphatic heterocycles. The van der Waals surface area contributed by atoms with Gasteiger partial charge >= 0.3 is 5.97 Å². The molecule has 1 aromatic carbocycles. The van der Waals surface area contributed by atoms with Crippen molar-refractivity contribution in [2.75, 3.05) is 19.4 Å². The van der Waals surface area contributed by atoms with Gasteiger partial charge in [-0.05, 0) is 40.1 Å². The van der Waals surface area contributed by atoms with Crippen molar-refractivity contribution in [3.05, 3.63) is 29.8 Å². The Balaban J connectivity index is 2.97. The third kappa shape index (κ3) is 4.06. The standard InChI is InChI=1S/C14H20N2O3/c1-10(17)15-12-9-7-6-8-11(12)13(18)19-14(2,3)16(4)5/h6-9H,1-5H3,(H,15,17). The Morgan fingerprint density at radius 2 is 1.79 bits per heavy atom. The number of para-hydroxylation sites is 1. The topological polar surface area (TPSA) is 58.6 Å². The van der Waals surface area contributed by atoms with Crippen LogP contribution in [0.5, 0.6) is 0 Å². The van der Waals surface area contributed by atoms with E-state index in [4.69, 9.17) is 4.74 Å². The zero-order chi connectivity index (χ0) is 14.6. The van der Waals surface area contributed by atoms with Gasteiger partial charge in [-0.15, -0.1) is 0 Å². The molecule has 0 fully saturated rings. The third-order valence-electron chi connectivity index (χ3n) is 2.88. The van der Waals surface area contributed by atoms with Crippen molar-refractivity contribution in [2.45, 2.75) is 26.5 Å². The molecule has 1 aromatic rings. The van der Waals surface area contributed by atoms with Gasteiger partial charge in [-0.1, -0.05) is 12.1 Å². The number of carbonyl (C=O) groups excluding carboxylic acids is 2. The van der Waals surface area contributed by atoms with Gasteiger partial charge in [0.05, 0.1) is 11.3 Å². The minimum Gasteiger partial charge on any atom is -0.441 e. The van der Waals surface area contributed by atoms with E-state index < -0.39 is 11.7 Å². The van der Waals surface area contributed by atoms with Crippen LogP contribution in [-0.2, 0) is 9.53 Å². The Morgan fingerprint density at radius 3 is 2.32 bits per heavy atom. The zero-order valence-corrected chi connectivity index (χ0v) is 12.0. The molecule has 19 heavy (non-hydrogen) atoms. The van der Waals surface area contributed by atoms with E-state index in [1.807, 2.05) is 14.1 Å². The van der Waals surface area contributed by atoms with E-state index in [-0.39, 0.29) is 5.91 Å². The maximum atomic E-state index is 12.2. The number of ether oxygens (including phenoxy) is 1. The van der Waals surface area contributed by atoms with Crippen molar-refractivity contribution in [3.63, 3.8) is 0 Å². The van der Waals surface area contributed by atoms with Crippen LogP contribution in [0.1, 0.15) is 31.1 Å². The number of nitrogens with zero attached hydrogens (tertiary/aromatic N) is 1. The van der Waals surface area contributed by atoms with Gasteiger partial charge in [-0.2, -0.15) is 0 Å². The van der Waals surface area contributed by atoms with Crippen LogP contribution in [0.3, 0.4) is 0 Å². The van der Waals surface area contributed by atoms with Crippen LogP contribution < -0.4 is 5.32 Å². The maximum Gasteiger partial charge on any atom is 0.342 e. The number of rotatable bonds is 4. The highest BCUT2D eigenvalue weighted by molar-refractivity contribution is 6.00. The third-order valence-corrected chi connectivity index (χ3v) is 2.88. The number of carbonyl (C=O) groups is 2. The first-order valence-electron chi connectivity index (χ1n) is 6.01. The Kier molecular flexibility index (Phi) is 4.67. The summed E-state index contributed by atoms with van der Waals surface area (Å²) < 4.78 is 5.44. The summed E-state index contributed by atoms with van der Waals surface area (Å²) in [5.41, 5.74) is 0.0719. The molecule has 0 radical (unpaired) electrons. The molecule has 1 N–H and O–H groups in total. The molecule has 0 saturated heterocycles. The van der Waals surface area contributed by atoms with E-state index in [0.717, 1.165) is 0 Å². The molecule has 0 aromatic heterocycles. The van der Waals surface area contributed by atoms with Crippen LogP contribution in [0.15, 0.2) is 24.3 Å². The first-order chi connectivity index (χ1) is 8.74. The molecule has 0 unspecified atom stereocenters. The Bertz CT molecular complexity index is 481. The zero-order valence-electron chi connectivity index (χ0n) is 12.0. The summed E-state index contributed by atoms with van der Waals surface area (Å²) in [6, 6.07) is 6.77. The minimum atomic E-state index is -0.722. The largest absolute Gasteiger partial charge is 0.441 e. The van der Waals surface area contributed by atoms with E-state index in [9.17, 15) is 9.59 Å². The van der Waals surface area contributed by atoms with Gasteiger partial charge in [0.1, 0.15) is 0 Å². The van der Waals surface area contributed by atoms with Gasteiger partial charge in [0, 0.05) is 6.92 Å². The number of anilines is 1. The summed E-state index contributed by atoms with van der Waals surface area (Å²) in [4.78, 5) is 25.1. The van der Waals surface area contributed by atoms with E-state index in [1.54, 1.807) is 43.0 Å². The lowest BCUT2D eigenvalue weighted by Gasteiger charge is -2.32. The average molecular weight is 264 g/mol. The van der Waals surface area contributed by atoms with E-state index in [1.165, 1.54) is 6.92 Å². The molecule has 0 aliphatic rings. The maximum absolute atomic E-state index is 12.2. The van der Waals surface area contributed by atoms with Gasteiger partial charge in [-0.25, -0.2) is 4.79 Å². The lowest BCUT2D eigenvalue weighted by atomic mass is 10.1. The number of hydrogen-bond donors (Lipinski definition) is 1. The van der Waals surface area contributed by atoms with Crippen LogP contribution in [0.4, 0.5) is 5.69 Å². The molecule has 0 bridgehead atoms. The van der Waals surface area contributed by atoms with Gasteiger partial charge in [0.15, 0.2) is 5.72 Å². The molecular formula is C14H20N2O3.